The Labute approximate surface area is 146 Å². The van der Waals surface area contributed by atoms with Crippen molar-refractivity contribution < 1.29 is 18.7 Å². The number of nitrogens with zero attached hydrogens (tertiary/aromatic N) is 1. The molecule has 0 saturated heterocycles. The second kappa shape index (κ2) is 7.21. The zero-order chi connectivity index (χ0) is 17.8. The van der Waals surface area contributed by atoms with Crippen molar-refractivity contribution in [2.75, 3.05) is 7.11 Å². The number of rotatable bonds is 5. The number of ether oxygens (including phenoxy) is 2. The molecule has 0 aliphatic heterocycles. The van der Waals surface area contributed by atoms with Gasteiger partial charge in [-0.2, -0.15) is 0 Å². The molecule has 3 aromatic rings. The number of hydrogen-bond acceptors (Lipinski definition) is 5. The maximum Gasteiger partial charge on any atom is 0.337 e. The Kier molecular flexibility index (Phi) is 4.84. The smallest absolute Gasteiger partial charge is 0.337 e. The highest BCUT2D eigenvalue weighted by Crippen LogP contribution is 2.24. The Bertz CT molecular complexity index is 881. The van der Waals surface area contributed by atoms with Gasteiger partial charge in [0.1, 0.15) is 12.4 Å². The van der Waals surface area contributed by atoms with Crippen LogP contribution < -0.4 is 4.74 Å². The van der Waals surface area contributed by atoms with Crippen molar-refractivity contribution in [3.63, 3.8) is 0 Å². The van der Waals surface area contributed by atoms with E-state index in [1.807, 2.05) is 38.1 Å². The Morgan fingerprint density at radius 3 is 2.56 bits per heavy atom. The fourth-order valence-corrected chi connectivity index (χ4v) is 2.42. The molecule has 0 fully saturated rings. The molecule has 0 radical (unpaired) electrons. The standard InChI is InChI=1S/C20H19NO4/c1-13-5-4-6-16(11-13)19-21-14(2)18(25-19)12-24-17-9-7-15(8-10-17)20(22)23-3/h4-11H,12H2,1-3H3. The quantitative estimate of drug-likeness (QED) is 0.649. The van der Waals surface area contributed by atoms with Crippen molar-refractivity contribution in [1.82, 2.24) is 4.98 Å². The maximum absolute atomic E-state index is 11.4. The summed E-state index contributed by atoms with van der Waals surface area (Å²) in [6.07, 6.45) is 0. The van der Waals surface area contributed by atoms with E-state index in [1.165, 1.54) is 7.11 Å². The summed E-state index contributed by atoms with van der Waals surface area (Å²) in [5.74, 6) is 1.52. The first-order chi connectivity index (χ1) is 12.1. The summed E-state index contributed by atoms with van der Waals surface area (Å²) < 4.78 is 16.2. The molecule has 1 heterocycles. The molecule has 0 spiro atoms. The van der Waals surface area contributed by atoms with E-state index in [-0.39, 0.29) is 12.6 Å². The molecule has 128 valence electrons. The van der Waals surface area contributed by atoms with Gasteiger partial charge in [-0.25, -0.2) is 9.78 Å². The Morgan fingerprint density at radius 1 is 1.12 bits per heavy atom. The average molecular weight is 337 g/mol. The van der Waals surface area contributed by atoms with Gasteiger partial charge in [0, 0.05) is 5.56 Å². The van der Waals surface area contributed by atoms with E-state index in [0.717, 1.165) is 16.8 Å². The van der Waals surface area contributed by atoms with Crippen molar-refractivity contribution in [1.29, 1.82) is 0 Å². The van der Waals surface area contributed by atoms with Crippen molar-refractivity contribution >= 4 is 5.97 Å². The number of carbonyl (C=O) groups is 1. The summed E-state index contributed by atoms with van der Waals surface area (Å²) in [4.78, 5) is 15.9. The molecule has 2 aromatic carbocycles. The Hall–Kier alpha value is -3.08. The zero-order valence-corrected chi connectivity index (χ0v) is 14.4. The van der Waals surface area contributed by atoms with Gasteiger partial charge in [0.15, 0.2) is 5.76 Å². The molecule has 0 saturated carbocycles. The summed E-state index contributed by atoms with van der Waals surface area (Å²) in [6.45, 7) is 4.19. The molecule has 0 N–H and O–H groups in total. The van der Waals surface area contributed by atoms with E-state index < -0.39 is 0 Å². The highest BCUT2D eigenvalue weighted by Gasteiger charge is 2.12. The number of aryl methyl sites for hydroxylation is 2. The number of hydrogen-bond donors (Lipinski definition) is 0. The summed E-state index contributed by atoms with van der Waals surface area (Å²) in [7, 11) is 1.35. The molecule has 0 unspecified atom stereocenters. The molecule has 25 heavy (non-hydrogen) atoms. The zero-order valence-electron chi connectivity index (χ0n) is 14.4. The van der Waals surface area contributed by atoms with Crippen LogP contribution in [0.2, 0.25) is 0 Å². The molecular weight excluding hydrogens is 318 g/mol. The molecule has 0 atom stereocenters. The molecule has 0 aliphatic rings. The molecule has 3 rings (SSSR count). The first kappa shape index (κ1) is 16.8. The van der Waals surface area contributed by atoms with Gasteiger partial charge in [0.05, 0.1) is 18.4 Å². The lowest BCUT2D eigenvalue weighted by Crippen LogP contribution is -2.01. The summed E-state index contributed by atoms with van der Waals surface area (Å²) >= 11 is 0. The molecule has 5 heteroatoms. The molecule has 0 bridgehead atoms. The SMILES string of the molecule is COC(=O)c1ccc(OCc2oc(-c3cccc(C)c3)nc2C)cc1. The van der Waals surface area contributed by atoms with E-state index in [2.05, 4.69) is 9.72 Å². The first-order valence-electron chi connectivity index (χ1n) is 7.91. The van der Waals surface area contributed by atoms with Gasteiger partial charge in [-0.1, -0.05) is 17.7 Å². The van der Waals surface area contributed by atoms with Gasteiger partial charge in [-0.15, -0.1) is 0 Å². The summed E-state index contributed by atoms with van der Waals surface area (Å²) in [5, 5.41) is 0. The van der Waals surface area contributed by atoms with Crippen LogP contribution in [-0.4, -0.2) is 18.1 Å². The number of oxazole rings is 1. The van der Waals surface area contributed by atoms with Crippen LogP contribution in [0.3, 0.4) is 0 Å². The highest BCUT2D eigenvalue weighted by atomic mass is 16.5. The lowest BCUT2D eigenvalue weighted by Gasteiger charge is -2.05. The van der Waals surface area contributed by atoms with E-state index in [1.54, 1.807) is 24.3 Å². The minimum Gasteiger partial charge on any atom is -0.486 e. The van der Waals surface area contributed by atoms with E-state index in [4.69, 9.17) is 9.15 Å². The van der Waals surface area contributed by atoms with Crippen molar-refractivity contribution in [2.24, 2.45) is 0 Å². The van der Waals surface area contributed by atoms with Gasteiger partial charge in [-0.3, -0.25) is 0 Å². The van der Waals surface area contributed by atoms with Crippen LogP contribution in [0.4, 0.5) is 0 Å². The number of methoxy groups -OCH3 is 1. The molecule has 5 nitrogen and oxygen atoms in total. The Balaban J connectivity index is 1.70. The summed E-state index contributed by atoms with van der Waals surface area (Å²) in [6, 6.07) is 14.8. The van der Waals surface area contributed by atoms with Gasteiger partial charge in [0.25, 0.3) is 0 Å². The van der Waals surface area contributed by atoms with Crippen molar-refractivity contribution in [3.05, 3.63) is 71.1 Å². The van der Waals surface area contributed by atoms with Gasteiger partial charge in [-0.05, 0) is 50.2 Å². The predicted octanol–water partition coefficient (Wildman–Crippen LogP) is 4.32. The molecule has 0 amide bonds. The first-order valence-corrected chi connectivity index (χ1v) is 7.91. The van der Waals surface area contributed by atoms with E-state index >= 15 is 0 Å². The second-order valence-electron chi connectivity index (χ2n) is 5.70. The summed E-state index contributed by atoms with van der Waals surface area (Å²) in [5.41, 5.74) is 3.36. The average Bonchev–Trinajstić information content (AvgIpc) is 3.00. The van der Waals surface area contributed by atoms with Crippen LogP contribution in [0.1, 0.15) is 27.4 Å². The van der Waals surface area contributed by atoms with Gasteiger partial charge >= 0.3 is 5.97 Å². The molecular formula is C20H19NO4. The number of benzene rings is 2. The number of esters is 1. The largest absolute Gasteiger partial charge is 0.486 e. The number of aromatic nitrogens is 1. The topological polar surface area (TPSA) is 61.6 Å². The monoisotopic (exact) mass is 337 g/mol. The maximum atomic E-state index is 11.4. The van der Waals surface area contributed by atoms with Crippen LogP contribution in [0.5, 0.6) is 5.75 Å². The minimum atomic E-state index is -0.375. The van der Waals surface area contributed by atoms with Crippen LogP contribution in [0, 0.1) is 13.8 Å². The van der Waals surface area contributed by atoms with Crippen LogP contribution >= 0.6 is 0 Å². The fourth-order valence-electron chi connectivity index (χ4n) is 2.42. The molecule has 1 aromatic heterocycles. The van der Waals surface area contributed by atoms with E-state index in [0.29, 0.717) is 23.0 Å². The highest BCUT2D eigenvalue weighted by molar-refractivity contribution is 5.89. The van der Waals surface area contributed by atoms with Crippen LogP contribution in [0.25, 0.3) is 11.5 Å². The third-order valence-electron chi connectivity index (χ3n) is 3.80. The minimum absolute atomic E-state index is 0.266. The third kappa shape index (κ3) is 3.88. The van der Waals surface area contributed by atoms with Crippen LogP contribution in [-0.2, 0) is 11.3 Å². The van der Waals surface area contributed by atoms with Crippen LogP contribution in [0.15, 0.2) is 52.9 Å². The normalized spacial score (nSPS) is 10.5. The number of carbonyl (C=O) groups excluding carboxylic acids is 1. The lowest BCUT2D eigenvalue weighted by atomic mass is 10.1. The van der Waals surface area contributed by atoms with Gasteiger partial charge in [0.2, 0.25) is 5.89 Å². The second-order valence-corrected chi connectivity index (χ2v) is 5.70. The predicted molar refractivity (Wildman–Crippen MR) is 93.5 cm³/mol. The van der Waals surface area contributed by atoms with Crippen molar-refractivity contribution in [2.45, 2.75) is 20.5 Å². The lowest BCUT2D eigenvalue weighted by molar-refractivity contribution is 0.0600. The fraction of sp³-hybridized carbons (Fsp3) is 0.200. The third-order valence-corrected chi connectivity index (χ3v) is 3.80. The Morgan fingerprint density at radius 2 is 1.88 bits per heavy atom. The molecule has 0 aliphatic carbocycles. The van der Waals surface area contributed by atoms with Gasteiger partial charge < -0.3 is 13.9 Å². The van der Waals surface area contributed by atoms with E-state index in [9.17, 15) is 4.79 Å². The van der Waals surface area contributed by atoms with Crippen molar-refractivity contribution in [3.8, 4) is 17.2 Å².